The van der Waals surface area contributed by atoms with E-state index in [-0.39, 0.29) is 5.56 Å². The summed E-state index contributed by atoms with van der Waals surface area (Å²) in [4.78, 5) is 16.3. The van der Waals surface area contributed by atoms with E-state index in [2.05, 4.69) is 22.7 Å². The first-order valence-corrected chi connectivity index (χ1v) is 12.3. The Labute approximate surface area is 199 Å². The van der Waals surface area contributed by atoms with Gasteiger partial charge in [-0.25, -0.2) is 15.4 Å². The van der Waals surface area contributed by atoms with E-state index in [1.165, 1.54) is 44.1 Å². The summed E-state index contributed by atoms with van der Waals surface area (Å²) in [7, 11) is 1.00. The van der Waals surface area contributed by atoms with Gasteiger partial charge in [0, 0.05) is 45.1 Å². The van der Waals surface area contributed by atoms with Crippen LogP contribution in [0, 0.1) is 0 Å². The Morgan fingerprint density at radius 3 is 2.24 bits per heavy atom. The third kappa shape index (κ3) is 8.70. The normalized spacial score (nSPS) is 16.6. The van der Waals surface area contributed by atoms with Gasteiger partial charge in [0.2, 0.25) is 0 Å². The Morgan fingerprint density at radius 1 is 1.12 bits per heavy atom. The minimum Gasteiger partial charge on any atom is -0.400 e. The molecular weight excluding hydrogens is 416 g/mol. The van der Waals surface area contributed by atoms with Crippen LogP contribution in [-0.2, 0) is 13.1 Å². The van der Waals surface area contributed by atoms with Gasteiger partial charge in [-0.2, -0.15) is 0 Å². The summed E-state index contributed by atoms with van der Waals surface area (Å²) in [6, 6.07) is 3.60. The molecule has 0 bridgehead atoms. The lowest BCUT2D eigenvalue weighted by Gasteiger charge is -2.27. The molecule has 0 spiro atoms. The molecule has 0 unspecified atom stereocenters. The minimum atomic E-state index is 0.0126. The molecular formula is C25H44N6O2. The summed E-state index contributed by atoms with van der Waals surface area (Å²) in [5.41, 5.74) is 11.4. The summed E-state index contributed by atoms with van der Waals surface area (Å²) in [5, 5.41) is 12.2. The van der Waals surface area contributed by atoms with E-state index in [1.807, 2.05) is 38.0 Å². The van der Waals surface area contributed by atoms with Crippen molar-refractivity contribution >= 4 is 5.84 Å². The predicted octanol–water partition coefficient (Wildman–Crippen LogP) is 3.59. The Kier molecular flexibility index (Phi) is 13.9. The van der Waals surface area contributed by atoms with Crippen LogP contribution in [0.1, 0.15) is 78.2 Å². The van der Waals surface area contributed by atoms with Gasteiger partial charge in [-0.3, -0.25) is 4.79 Å². The minimum absolute atomic E-state index is 0.0126. The second-order valence-corrected chi connectivity index (χ2v) is 7.65. The fourth-order valence-corrected chi connectivity index (χ4v) is 3.76. The van der Waals surface area contributed by atoms with Crippen molar-refractivity contribution in [1.29, 1.82) is 0 Å². The number of rotatable bonds is 5. The molecule has 3 aliphatic rings. The first-order chi connectivity index (χ1) is 16.1. The van der Waals surface area contributed by atoms with Gasteiger partial charge in [0.15, 0.2) is 5.82 Å². The van der Waals surface area contributed by atoms with Crippen LogP contribution in [-0.4, -0.2) is 34.2 Å². The zero-order chi connectivity index (χ0) is 24.6. The molecule has 0 aromatic carbocycles. The number of aryl methyl sites for hydroxylation is 1. The molecule has 1 fully saturated rings. The number of nitrogens with two attached hydrogens (primary N) is 1. The van der Waals surface area contributed by atoms with Crippen LogP contribution in [0.3, 0.4) is 0 Å². The van der Waals surface area contributed by atoms with Crippen LogP contribution in [0.25, 0.3) is 0 Å². The summed E-state index contributed by atoms with van der Waals surface area (Å²) >= 11 is 0. The van der Waals surface area contributed by atoms with Gasteiger partial charge in [-0.15, -0.1) is 0 Å². The van der Waals surface area contributed by atoms with E-state index < -0.39 is 0 Å². The van der Waals surface area contributed by atoms with E-state index in [4.69, 9.17) is 10.8 Å². The smallest absolute Gasteiger partial charge is 0.250 e. The lowest BCUT2D eigenvalue weighted by atomic mass is 10.0. The zero-order valence-electron chi connectivity index (χ0n) is 21.2. The number of aliphatic hydroxyl groups is 1. The topological polar surface area (TPSA) is 108 Å². The summed E-state index contributed by atoms with van der Waals surface area (Å²) in [5.74, 6) is 2.20. The first-order valence-electron chi connectivity index (χ1n) is 12.3. The molecule has 1 saturated carbocycles. The van der Waals surface area contributed by atoms with Crippen LogP contribution < -0.4 is 22.0 Å². The lowest BCUT2D eigenvalue weighted by molar-refractivity contribution is 0.322. The number of hydrogen-bond acceptors (Lipinski definition) is 7. The molecule has 0 amide bonds. The maximum atomic E-state index is 11.9. The quantitative estimate of drug-likeness (QED) is 0.535. The number of aliphatic hydroxyl groups excluding tert-OH is 1. The molecule has 0 radical (unpaired) electrons. The number of nitrogens with zero attached hydrogens (tertiary/aromatic N) is 3. The lowest BCUT2D eigenvalue weighted by Crippen LogP contribution is -2.40. The fraction of sp³-hybridized carbons (Fsp3) is 0.600. The molecule has 1 aliphatic carbocycles. The number of aliphatic imine (C=N–C) groups is 1. The standard InChI is InChI=1S/C16H22N6O.C6H12.C2H6.CH4O/c1-3-12-10-19-22-14(8-13(17)20-16(12)22)18-9-11-5-6-21(4-2)15(23)7-11;1-2-4-6-5-3-1;2*1-2/h5-8,18-19H,3-4,9-10H2,1-2H3,(H2,17,20);1-6H2;1-2H3;2H,1H3. The van der Waals surface area contributed by atoms with Gasteiger partial charge < -0.3 is 20.7 Å². The van der Waals surface area contributed by atoms with Crippen LogP contribution in [0.15, 0.2) is 51.4 Å². The molecule has 0 atom stereocenters. The van der Waals surface area contributed by atoms with E-state index in [0.717, 1.165) is 37.3 Å². The van der Waals surface area contributed by atoms with Crippen molar-refractivity contribution in [3.05, 3.63) is 57.5 Å². The van der Waals surface area contributed by atoms with Crippen molar-refractivity contribution in [2.45, 2.75) is 85.7 Å². The Hall–Kier alpha value is -2.58. The number of nitrogens with one attached hydrogen (secondary N) is 2. The largest absolute Gasteiger partial charge is 0.400 e. The van der Waals surface area contributed by atoms with Crippen molar-refractivity contribution in [2.75, 3.05) is 13.7 Å². The van der Waals surface area contributed by atoms with E-state index in [1.54, 1.807) is 16.7 Å². The van der Waals surface area contributed by atoms with E-state index in [0.29, 0.717) is 18.9 Å². The molecule has 8 nitrogen and oxygen atoms in total. The third-order valence-corrected chi connectivity index (χ3v) is 5.54. The number of aromatic nitrogens is 1. The highest BCUT2D eigenvalue weighted by molar-refractivity contribution is 5.93. The van der Waals surface area contributed by atoms with Gasteiger partial charge in [0.1, 0.15) is 11.7 Å². The maximum Gasteiger partial charge on any atom is 0.250 e. The SMILES string of the molecule is C1CCCCC1.CC.CCC1=C2N=C(N)C=C(NCc3ccn(CC)c(=O)c3)N2NC1.CO. The molecule has 186 valence electrons. The number of hydrazine groups is 1. The molecule has 1 aromatic rings. The molecule has 8 heteroatoms. The van der Waals surface area contributed by atoms with Gasteiger partial charge in [0.05, 0.1) is 0 Å². The van der Waals surface area contributed by atoms with E-state index in [9.17, 15) is 4.79 Å². The highest BCUT2D eigenvalue weighted by Gasteiger charge is 2.27. The van der Waals surface area contributed by atoms with Crippen molar-refractivity contribution < 1.29 is 5.11 Å². The first kappa shape index (κ1) is 28.5. The molecule has 0 saturated heterocycles. The van der Waals surface area contributed by atoms with Gasteiger partial charge in [-0.05, 0) is 30.5 Å². The molecule has 5 N–H and O–H groups in total. The summed E-state index contributed by atoms with van der Waals surface area (Å²) < 4.78 is 1.67. The fourth-order valence-electron chi connectivity index (χ4n) is 3.76. The van der Waals surface area contributed by atoms with Gasteiger partial charge >= 0.3 is 0 Å². The van der Waals surface area contributed by atoms with Crippen molar-refractivity contribution in [2.24, 2.45) is 10.7 Å². The molecule has 1 aromatic heterocycles. The average Bonchev–Trinajstić information content (AvgIpc) is 3.29. The molecule has 2 aliphatic heterocycles. The number of fused-ring (bicyclic) bond motifs is 1. The Balaban J connectivity index is 0.000000460. The molecule has 4 rings (SSSR count). The van der Waals surface area contributed by atoms with Gasteiger partial charge in [0.25, 0.3) is 5.56 Å². The molecule has 33 heavy (non-hydrogen) atoms. The van der Waals surface area contributed by atoms with Crippen LogP contribution >= 0.6 is 0 Å². The molecule has 3 heterocycles. The van der Waals surface area contributed by atoms with Crippen LogP contribution in [0.2, 0.25) is 0 Å². The monoisotopic (exact) mass is 460 g/mol. The van der Waals surface area contributed by atoms with Crippen LogP contribution in [0.4, 0.5) is 0 Å². The van der Waals surface area contributed by atoms with Crippen molar-refractivity contribution in [1.82, 2.24) is 20.3 Å². The zero-order valence-corrected chi connectivity index (χ0v) is 21.2. The Bertz CT molecular complexity index is 841. The van der Waals surface area contributed by atoms with Crippen LogP contribution in [0.5, 0.6) is 0 Å². The number of hydrogen-bond donors (Lipinski definition) is 4. The van der Waals surface area contributed by atoms with Crippen molar-refractivity contribution in [3.63, 3.8) is 0 Å². The van der Waals surface area contributed by atoms with Crippen molar-refractivity contribution in [3.8, 4) is 0 Å². The van der Waals surface area contributed by atoms with Gasteiger partial charge in [-0.1, -0.05) is 59.3 Å². The average molecular weight is 461 g/mol. The maximum absolute atomic E-state index is 11.9. The second-order valence-electron chi connectivity index (χ2n) is 7.65. The Morgan fingerprint density at radius 2 is 1.73 bits per heavy atom. The summed E-state index contributed by atoms with van der Waals surface area (Å²) in [6.45, 7) is 10.1. The summed E-state index contributed by atoms with van der Waals surface area (Å²) in [6.07, 6.45) is 13.5. The number of amidine groups is 1. The predicted molar refractivity (Wildman–Crippen MR) is 137 cm³/mol. The highest BCUT2D eigenvalue weighted by atomic mass is 16.2. The second kappa shape index (κ2) is 16.1. The highest BCUT2D eigenvalue weighted by Crippen LogP contribution is 2.25. The third-order valence-electron chi connectivity index (χ3n) is 5.54. The van der Waals surface area contributed by atoms with E-state index >= 15 is 0 Å². The number of pyridine rings is 1.